The molecular weight excluding hydrogens is 293 g/mol. The summed E-state index contributed by atoms with van der Waals surface area (Å²) in [6, 6.07) is 2.93. The van der Waals surface area contributed by atoms with E-state index in [1.807, 2.05) is 6.92 Å². The molecule has 7 heteroatoms. The minimum absolute atomic E-state index is 0.0447. The number of hydrogen-bond donors (Lipinski definition) is 2. The van der Waals surface area contributed by atoms with Gasteiger partial charge >= 0.3 is 6.18 Å². The van der Waals surface area contributed by atoms with Gasteiger partial charge in [-0.2, -0.15) is 13.2 Å². The fourth-order valence-corrected chi connectivity index (χ4v) is 2.46. The van der Waals surface area contributed by atoms with Gasteiger partial charge in [-0.05, 0) is 38.1 Å². The van der Waals surface area contributed by atoms with Gasteiger partial charge in [0, 0.05) is 6.04 Å². The van der Waals surface area contributed by atoms with Gasteiger partial charge in [0.2, 0.25) is 5.91 Å². The van der Waals surface area contributed by atoms with Crippen LogP contribution in [-0.2, 0) is 11.0 Å². The van der Waals surface area contributed by atoms with Gasteiger partial charge in [0.25, 0.3) is 0 Å². The molecule has 1 aromatic carbocycles. The maximum atomic E-state index is 12.5. The molecule has 0 saturated carbocycles. The van der Waals surface area contributed by atoms with Gasteiger partial charge in [-0.15, -0.1) is 0 Å². The lowest BCUT2D eigenvalue weighted by Crippen LogP contribution is -2.32. The van der Waals surface area contributed by atoms with Crippen LogP contribution < -0.4 is 10.6 Å². The van der Waals surface area contributed by atoms with Crippen LogP contribution >= 0.6 is 11.6 Å². The van der Waals surface area contributed by atoms with Crippen molar-refractivity contribution in [3.63, 3.8) is 0 Å². The lowest BCUT2D eigenvalue weighted by Gasteiger charge is -2.16. The maximum Gasteiger partial charge on any atom is 0.416 e. The molecule has 1 heterocycles. The van der Waals surface area contributed by atoms with Crippen LogP contribution in [0.2, 0.25) is 5.02 Å². The van der Waals surface area contributed by atoms with Crippen LogP contribution in [0.4, 0.5) is 18.9 Å². The van der Waals surface area contributed by atoms with Crippen LogP contribution in [0.15, 0.2) is 18.2 Å². The van der Waals surface area contributed by atoms with Crippen LogP contribution in [0.5, 0.6) is 0 Å². The number of carbonyl (C=O) groups excluding carboxylic acids is 1. The SMILES string of the molecule is CC1NCCC1C(=O)Nc1ccc(C(F)(F)F)cc1Cl. The monoisotopic (exact) mass is 306 g/mol. The third-order valence-electron chi connectivity index (χ3n) is 3.42. The highest BCUT2D eigenvalue weighted by atomic mass is 35.5. The van der Waals surface area contributed by atoms with E-state index in [1.54, 1.807) is 0 Å². The first kappa shape index (κ1) is 15.1. The second kappa shape index (κ2) is 5.61. The van der Waals surface area contributed by atoms with Crippen molar-refractivity contribution in [2.45, 2.75) is 25.6 Å². The lowest BCUT2D eigenvalue weighted by molar-refractivity contribution is -0.137. The quantitative estimate of drug-likeness (QED) is 0.880. The number of alkyl halides is 3. The van der Waals surface area contributed by atoms with Crippen LogP contribution in [0, 0.1) is 5.92 Å². The predicted octanol–water partition coefficient (Wildman–Crippen LogP) is 3.30. The van der Waals surface area contributed by atoms with Gasteiger partial charge in [0.05, 0.1) is 22.2 Å². The van der Waals surface area contributed by atoms with Crippen molar-refractivity contribution >= 4 is 23.2 Å². The molecule has 1 aromatic rings. The summed E-state index contributed by atoms with van der Waals surface area (Å²) in [5, 5.41) is 5.60. The van der Waals surface area contributed by atoms with Crippen LogP contribution in [0.1, 0.15) is 18.9 Å². The zero-order valence-electron chi connectivity index (χ0n) is 10.7. The fraction of sp³-hybridized carbons (Fsp3) is 0.462. The summed E-state index contributed by atoms with van der Waals surface area (Å²) in [6.45, 7) is 2.64. The van der Waals surface area contributed by atoms with E-state index in [4.69, 9.17) is 11.6 Å². The summed E-state index contributed by atoms with van der Waals surface area (Å²) >= 11 is 5.79. The van der Waals surface area contributed by atoms with Crippen LogP contribution in [0.25, 0.3) is 0 Å². The van der Waals surface area contributed by atoms with Crippen molar-refractivity contribution in [2.24, 2.45) is 5.92 Å². The van der Waals surface area contributed by atoms with E-state index >= 15 is 0 Å². The molecular formula is C13H14ClF3N2O. The summed E-state index contributed by atoms with van der Waals surface area (Å²) in [5.41, 5.74) is -0.639. The van der Waals surface area contributed by atoms with E-state index in [1.165, 1.54) is 6.07 Å². The van der Waals surface area contributed by atoms with Crippen LogP contribution in [0.3, 0.4) is 0 Å². The summed E-state index contributed by atoms with van der Waals surface area (Å²) in [5.74, 6) is -0.433. The Morgan fingerprint density at radius 3 is 2.65 bits per heavy atom. The molecule has 1 aliphatic rings. The Balaban J connectivity index is 2.12. The molecule has 0 aromatic heterocycles. The average molecular weight is 307 g/mol. The number of hydrogen-bond acceptors (Lipinski definition) is 2. The first-order valence-electron chi connectivity index (χ1n) is 6.20. The summed E-state index contributed by atoms with van der Waals surface area (Å²) in [7, 11) is 0. The smallest absolute Gasteiger partial charge is 0.324 e. The number of anilines is 1. The molecule has 0 radical (unpaired) electrons. The highest BCUT2D eigenvalue weighted by molar-refractivity contribution is 6.33. The Kier molecular flexibility index (Phi) is 4.25. The second-order valence-electron chi connectivity index (χ2n) is 4.82. The molecule has 110 valence electrons. The van der Waals surface area contributed by atoms with Crippen molar-refractivity contribution in [1.82, 2.24) is 5.32 Å². The molecule has 1 fully saturated rings. The van der Waals surface area contributed by atoms with Gasteiger partial charge < -0.3 is 10.6 Å². The number of nitrogens with one attached hydrogen (secondary N) is 2. The molecule has 0 spiro atoms. The van der Waals surface area contributed by atoms with E-state index < -0.39 is 11.7 Å². The molecule has 1 saturated heterocycles. The third kappa shape index (κ3) is 3.24. The number of benzene rings is 1. The Labute approximate surface area is 119 Å². The number of amides is 1. The summed E-state index contributed by atoms with van der Waals surface area (Å²) in [6.07, 6.45) is -3.75. The Bertz CT molecular complexity index is 519. The van der Waals surface area contributed by atoms with Crippen LogP contribution in [-0.4, -0.2) is 18.5 Å². The number of halogens is 4. The van der Waals surface area contributed by atoms with Gasteiger partial charge in [-0.25, -0.2) is 0 Å². The van der Waals surface area contributed by atoms with E-state index in [0.717, 1.165) is 18.7 Å². The Morgan fingerprint density at radius 1 is 1.45 bits per heavy atom. The predicted molar refractivity (Wildman–Crippen MR) is 70.7 cm³/mol. The molecule has 0 bridgehead atoms. The van der Waals surface area contributed by atoms with Gasteiger partial charge in [-0.1, -0.05) is 11.6 Å². The number of rotatable bonds is 2. The topological polar surface area (TPSA) is 41.1 Å². The highest BCUT2D eigenvalue weighted by Gasteiger charge is 2.32. The molecule has 0 aliphatic carbocycles. The van der Waals surface area contributed by atoms with Gasteiger partial charge in [0.15, 0.2) is 0 Å². The Hall–Kier alpha value is -1.27. The normalized spacial score (nSPS) is 22.9. The first-order chi connectivity index (χ1) is 9.29. The van der Waals surface area contributed by atoms with E-state index in [-0.39, 0.29) is 28.6 Å². The molecule has 3 nitrogen and oxygen atoms in total. The molecule has 2 unspecified atom stereocenters. The summed E-state index contributed by atoms with van der Waals surface area (Å²) in [4.78, 5) is 12.0. The van der Waals surface area contributed by atoms with Crippen molar-refractivity contribution in [1.29, 1.82) is 0 Å². The average Bonchev–Trinajstić information content (AvgIpc) is 2.76. The first-order valence-corrected chi connectivity index (χ1v) is 6.58. The largest absolute Gasteiger partial charge is 0.416 e. The Morgan fingerprint density at radius 2 is 2.15 bits per heavy atom. The maximum absolute atomic E-state index is 12.5. The molecule has 2 atom stereocenters. The lowest BCUT2D eigenvalue weighted by atomic mass is 10.0. The van der Waals surface area contributed by atoms with E-state index in [2.05, 4.69) is 10.6 Å². The molecule has 2 N–H and O–H groups in total. The third-order valence-corrected chi connectivity index (χ3v) is 3.73. The minimum Gasteiger partial charge on any atom is -0.324 e. The standard InChI is InChI=1S/C13H14ClF3N2O/c1-7-9(4-5-18-7)12(20)19-11-3-2-8(6-10(11)14)13(15,16)17/h2-3,6-7,9,18H,4-5H2,1H3,(H,19,20). The van der Waals surface area contributed by atoms with Gasteiger partial charge in [0.1, 0.15) is 0 Å². The minimum atomic E-state index is -4.45. The summed E-state index contributed by atoms with van der Waals surface area (Å²) < 4.78 is 37.5. The van der Waals surface area contributed by atoms with E-state index in [0.29, 0.717) is 6.42 Å². The molecule has 20 heavy (non-hydrogen) atoms. The molecule has 1 amide bonds. The zero-order chi connectivity index (χ0) is 14.9. The number of carbonyl (C=O) groups is 1. The van der Waals surface area contributed by atoms with Crippen molar-refractivity contribution in [3.05, 3.63) is 28.8 Å². The van der Waals surface area contributed by atoms with Crippen molar-refractivity contribution in [3.8, 4) is 0 Å². The van der Waals surface area contributed by atoms with Crippen molar-refractivity contribution < 1.29 is 18.0 Å². The molecule has 2 rings (SSSR count). The second-order valence-corrected chi connectivity index (χ2v) is 5.23. The molecule has 1 aliphatic heterocycles. The fourth-order valence-electron chi connectivity index (χ4n) is 2.24. The van der Waals surface area contributed by atoms with Crippen molar-refractivity contribution in [2.75, 3.05) is 11.9 Å². The van der Waals surface area contributed by atoms with Gasteiger partial charge in [-0.3, -0.25) is 4.79 Å². The zero-order valence-corrected chi connectivity index (χ0v) is 11.5. The highest BCUT2D eigenvalue weighted by Crippen LogP contribution is 2.34. The van der Waals surface area contributed by atoms with E-state index in [9.17, 15) is 18.0 Å².